The van der Waals surface area contributed by atoms with E-state index in [9.17, 15) is 8.78 Å². The van der Waals surface area contributed by atoms with E-state index < -0.39 is 6.43 Å². The van der Waals surface area contributed by atoms with Crippen molar-refractivity contribution in [1.82, 2.24) is 4.98 Å². The topological polar surface area (TPSA) is 48.1 Å². The van der Waals surface area contributed by atoms with Gasteiger partial charge in [0.2, 0.25) is 0 Å². The normalized spacial score (nSPS) is 11.0. The van der Waals surface area contributed by atoms with Gasteiger partial charge < -0.3 is 10.5 Å². The van der Waals surface area contributed by atoms with Crippen LogP contribution < -0.4 is 10.5 Å². The molecule has 0 saturated carbocycles. The largest absolute Gasteiger partial charge is 0.457 e. The fourth-order valence-corrected chi connectivity index (χ4v) is 2.07. The first-order valence-electron chi connectivity index (χ1n) is 6.34. The zero-order valence-corrected chi connectivity index (χ0v) is 11.0. The first-order chi connectivity index (χ1) is 10.1. The molecule has 1 heterocycles. The number of alkyl halides is 2. The van der Waals surface area contributed by atoms with Crippen molar-refractivity contribution >= 4 is 16.6 Å². The highest BCUT2D eigenvalue weighted by Gasteiger charge is 2.15. The fourth-order valence-electron chi connectivity index (χ4n) is 2.07. The summed E-state index contributed by atoms with van der Waals surface area (Å²) in [5, 5.41) is 0.955. The van der Waals surface area contributed by atoms with Crippen LogP contribution in [0.5, 0.6) is 11.5 Å². The van der Waals surface area contributed by atoms with Gasteiger partial charge in [-0.2, -0.15) is 0 Å². The van der Waals surface area contributed by atoms with Crippen LogP contribution in [0.3, 0.4) is 0 Å². The van der Waals surface area contributed by atoms with Gasteiger partial charge in [-0.25, -0.2) is 8.78 Å². The third-order valence-corrected chi connectivity index (χ3v) is 3.07. The fraction of sp³-hybridized carbons (Fsp3) is 0.0625. The molecular weight excluding hydrogens is 274 g/mol. The highest BCUT2D eigenvalue weighted by atomic mass is 19.3. The van der Waals surface area contributed by atoms with E-state index in [0.717, 1.165) is 10.9 Å². The van der Waals surface area contributed by atoms with Crippen molar-refractivity contribution in [1.29, 1.82) is 0 Å². The number of halogens is 2. The van der Waals surface area contributed by atoms with E-state index in [-0.39, 0.29) is 17.0 Å². The summed E-state index contributed by atoms with van der Waals surface area (Å²) < 4.78 is 31.6. The van der Waals surface area contributed by atoms with E-state index in [0.29, 0.717) is 5.75 Å². The van der Waals surface area contributed by atoms with Crippen LogP contribution in [-0.4, -0.2) is 4.98 Å². The van der Waals surface area contributed by atoms with E-state index in [1.807, 2.05) is 18.2 Å². The van der Waals surface area contributed by atoms with Gasteiger partial charge >= 0.3 is 0 Å². The average Bonchev–Trinajstić information content (AvgIpc) is 2.49. The van der Waals surface area contributed by atoms with Crippen LogP contribution >= 0.6 is 0 Å². The number of fused-ring (bicyclic) bond motifs is 1. The number of pyridine rings is 1. The number of nitrogen functional groups attached to an aromatic ring is 1. The number of anilines is 1. The number of hydrogen-bond acceptors (Lipinski definition) is 3. The molecule has 3 rings (SSSR count). The molecule has 21 heavy (non-hydrogen) atoms. The van der Waals surface area contributed by atoms with Crippen molar-refractivity contribution in [3.8, 4) is 11.5 Å². The first-order valence-corrected chi connectivity index (χ1v) is 6.34. The van der Waals surface area contributed by atoms with Crippen LogP contribution in [-0.2, 0) is 0 Å². The summed E-state index contributed by atoms with van der Waals surface area (Å²) in [5.74, 6) is 0.544. The molecule has 0 radical (unpaired) electrons. The summed E-state index contributed by atoms with van der Waals surface area (Å²) in [7, 11) is 0. The van der Waals surface area contributed by atoms with E-state index >= 15 is 0 Å². The molecule has 5 heteroatoms. The molecule has 0 fully saturated rings. The molecule has 0 atom stereocenters. The summed E-state index contributed by atoms with van der Waals surface area (Å²) in [4.78, 5) is 4.21. The van der Waals surface area contributed by atoms with Gasteiger partial charge in [-0.05, 0) is 36.4 Å². The number of benzene rings is 2. The minimum atomic E-state index is -2.65. The van der Waals surface area contributed by atoms with Gasteiger partial charge in [-0.15, -0.1) is 0 Å². The minimum Gasteiger partial charge on any atom is -0.457 e. The van der Waals surface area contributed by atoms with Gasteiger partial charge in [0.1, 0.15) is 11.5 Å². The van der Waals surface area contributed by atoms with Crippen molar-refractivity contribution in [3.05, 3.63) is 60.3 Å². The van der Waals surface area contributed by atoms with Crippen molar-refractivity contribution in [2.24, 2.45) is 0 Å². The van der Waals surface area contributed by atoms with Crippen molar-refractivity contribution in [2.45, 2.75) is 6.43 Å². The highest BCUT2D eigenvalue weighted by molar-refractivity contribution is 5.79. The Morgan fingerprint density at radius 3 is 2.71 bits per heavy atom. The molecule has 2 aromatic carbocycles. The number of aromatic nitrogens is 1. The van der Waals surface area contributed by atoms with Gasteiger partial charge in [-0.1, -0.05) is 6.07 Å². The maximum atomic E-state index is 13.0. The van der Waals surface area contributed by atoms with E-state index in [1.165, 1.54) is 18.2 Å². The minimum absolute atomic E-state index is 0.0921. The number of nitrogens with zero attached hydrogens (tertiary/aromatic N) is 1. The lowest BCUT2D eigenvalue weighted by Crippen LogP contribution is -1.95. The summed E-state index contributed by atoms with van der Waals surface area (Å²) >= 11 is 0. The quantitative estimate of drug-likeness (QED) is 0.719. The Bertz CT molecular complexity index is 790. The van der Waals surface area contributed by atoms with E-state index in [2.05, 4.69) is 4.98 Å². The summed E-state index contributed by atoms with van der Waals surface area (Å²) in [6.45, 7) is 0. The number of hydrogen-bond donors (Lipinski definition) is 1. The maximum absolute atomic E-state index is 13.0. The average molecular weight is 286 g/mol. The van der Waals surface area contributed by atoms with E-state index in [4.69, 9.17) is 10.5 Å². The molecule has 0 aliphatic rings. The Morgan fingerprint density at radius 1 is 1.05 bits per heavy atom. The molecule has 0 bridgehead atoms. The van der Waals surface area contributed by atoms with Crippen LogP contribution in [0.2, 0.25) is 0 Å². The molecule has 3 nitrogen and oxygen atoms in total. The van der Waals surface area contributed by atoms with Crippen molar-refractivity contribution in [2.75, 3.05) is 5.73 Å². The van der Waals surface area contributed by atoms with Crippen LogP contribution in [0.25, 0.3) is 10.9 Å². The van der Waals surface area contributed by atoms with Crippen LogP contribution in [0, 0.1) is 0 Å². The van der Waals surface area contributed by atoms with Crippen LogP contribution in [0.15, 0.2) is 54.7 Å². The Labute approximate surface area is 120 Å². The third kappa shape index (κ3) is 2.76. The first kappa shape index (κ1) is 13.3. The Hall–Kier alpha value is -2.69. The van der Waals surface area contributed by atoms with Gasteiger partial charge in [0.15, 0.2) is 0 Å². The maximum Gasteiger partial charge on any atom is 0.267 e. The molecular formula is C16H12F2N2O. The second-order valence-electron chi connectivity index (χ2n) is 4.56. The molecule has 3 aromatic rings. The molecule has 2 N–H and O–H groups in total. The predicted molar refractivity (Wildman–Crippen MR) is 77.6 cm³/mol. The van der Waals surface area contributed by atoms with Crippen molar-refractivity contribution in [3.63, 3.8) is 0 Å². The molecule has 0 aliphatic carbocycles. The second kappa shape index (κ2) is 5.36. The standard InChI is InChI=1S/C16H12F2N2O/c17-16(18)13-8-11(19)4-6-15(13)21-12-5-3-10-2-1-7-20-14(10)9-12/h1-9,16H,19H2. The Morgan fingerprint density at radius 2 is 1.90 bits per heavy atom. The smallest absolute Gasteiger partial charge is 0.267 e. The molecule has 0 unspecified atom stereocenters. The molecule has 0 saturated heterocycles. The van der Waals surface area contributed by atoms with Gasteiger partial charge in [-0.3, -0.25) is 4.98 Å². The molecule has 0 aliphatic heterocycles. The lowest BCUT2D eigenvalue weighted by Gasteiger charge is -2.11. The second-order valence-corrected chi connectivity index (χ2v) is 4.56. The number of rotatable bonds is 3. The number of nitrogens with two attached hydrogens (primary N) is 1. The summed E-state index contributed by atoms with van der Waals surface area (Å²) in [5.41, 5.74) is 6.32. The molecule has 0 amide bonds. The Balaban J connectivity index is 1.98. The van der Waals surface area contributed by atoms with Crippen LogP contribution in [0.4, 0.5) is 14.5 Å². The number of ether oxygens (including phenoxy) is 1. The van der Waals surface area contributed by atoms with Gasteiger partial charge in [0.25, 0.3) is 6.43 Å². The molecule has 0 spiro atoms. The van der Waals surface area contributed by atoms with Crippen molar-refractivity contribution < 1.29 is 13.5 Å². The third-order valence-electron chi connectivity index (χ3n) is 3.07. The predicted octanol–water partition coefficient (Wildman–Crippen LogP) is 4.55. The van der Waals surface area contributed by atoms with Gasteiger partial charge in [0.05, 0.1) is 11.1 Å². The van der Waals surface area contributed by atoms with Gasteiger partial charge in [0, 0.05) is 23.3 Å². The summed E-state index contributed by atoms with van der Waals surface area (Å²) in [6, 6.07) is 13.2. The highest BCUT2D eigenvalue weighted by Crippen LogP contribution is 2.34. The van der Waals surface area contributed by atoms with E-state index in [1.54, 1.807) is 18.3 Å². The lowest BCUT2D eigenvalue weighted by molar-refractivity contribution is 0.148. The van der Waals surface area contributed by atoms with Crippen LogP contribution in [0.1, 0.15) is 12.0 Å². The summed E-state index contributed by atoms with van der Waals surface area (Å²) in [6.07, 6.45) is -0.984. The molecule has 106 valence electrons. The lowest BCUT2D eigenvalue weighted by atomic mass is 10.2. The molecule has 1 aromatic heterocycles. The zero-order chi connectivity index (χ0) is 14.8. The Kier molecular flexibility index (Phi) is 3.39. The zero-order valence-electron chi connectivity index (χ0n) is 11.0. The monoisotopic (exact) mass is 286 g/mol. The SMILES string of the molecule is Nc1ccc(Oc2ccc3cccnc3c2)c(C(F)F)c1.